The van der Waals surface area contributed by atoms with Crippen LogP contribution in [-0.4, -0.2) is 57.8 Å². The number of amides is 2. The smallest absolute Gasteiger partial charge is 0.407 e. The van der Waals surface area contributed by atoms with Crippen LogP contribution in [0.25, 0.3) is 11.1 Å². The molecule has 3 atom stereocenters. The van der Waals surface area contributed by atoms with E-state index in [-0.39, 0.29) is 25.6 Å². The first kappa shape index (κ1) is 28.6. The van der Waals surface area contributed by atoms with Crippen LogP contribution in [-0.2, 0) is 32.1 Å². The number of hydrogen-bond donors (Lipinski definition) is 4. The van der Waals surface area contributed by atoms with Gasteiger partial charge in [-0.1, -0.05) is 78.9 Å². The van der Waals surface area contributed by atoms with Crippen LogP contribution in [0.3, 0.4) is 0 Å². The molecule has 0 unspecified atom stereocenters. The third kappa shape index (κ3) is 6.67. The van der Waals surface area contributed by atoms with E-state index in [4.69, 9.17) is 9.47 Å². The van der Waals surface area contributed by atoms with Gasteiger partial charge in [0.05, 0.1) is 19.0 Å². The van der Waals surface area contributed by atoms with E-state index < -0.39 is 36.2 Å². The van der Waals surface area contributed by atoms with Crippen LogP contribution in [0.15, 0.2) is 91.4 Å². The summed E-state index contributed by atoms with van der Waals surface area (Å²) in [5.41, 5.74) is 5.73. The number of carboxylic acid groups (broad SMARTS) is 1. The molecule has 4 aromatic rings. The van der Waals surface area contributed by atoms with Crippen LogP contribution in [0.2, 0.25) is 0 Å². The van der Waals surface area contributed by atoms with Crippen molar-refractivity contribution in [3.8, 4) is 11.1 Å². The molecule has 1 aliphatic rings. The minimum absolute atomic E-state index is 0.0159. The Labute approximate surface area is 243 Å². The maximum atomic E-state index is 13.4. The molecule has 0 fully saturated rings. The van der Waals surface area contributed by atoms with E-state index in [2.05, 4.69) is 20.6 Å². The number of imidazole rings is 1. The lowest BCUT2D eigenvalue weighted by Gasteiger charge is -2.26. The van der Waals surface area contributed by atoms with Gasteiger partial charge in [0.15, 0.2) is 0 Å². The van der Waals surface area contributed by atoms with Gasteiger partial charge >= 0.3 is 12.1 Å². The molecule has 0 radical (unpaired) electrons. The molecule has 0 saturated carbocycles. The molecule has 0 saturated heterocycles. The standard InChI is InChI=1S/C32H32N4O6/c1-20(41-17-21-9-3-2-4-10-21)29(30(37)35-28(31(38)39)15-22-16-33-19-34-22)36-32(40)42-18-27-25-13-7-5-11-23(25)24-12-6-8-14-26(24)27/h2-14,16,19-20,27-29H,15,17-18H2,1H3,(H,33,34)(H,35,37)(H,36,40)(H,38,39)/t20-,28-,29+/m0/s1. The molecule has 0 bridgehead atoms. The molecule has 3 aromatic carbocycles. The van der Waals surface area contributed by atoms with Crippen LogP contribution in [0.4, 0.5) is 4.79 Å². The van der Waals surface area contributed by atoms with E-state index in [1.165, 1.54) is 12.5 Å². The highest BCUT2D eigenvalue weighted by atomic mass is 16.5. The van der Waals surface area contributed by atoms with Crippen LogP contribution >= 0.6 is 0 Å². The fourth-order valence-corrected chi connectivity index (χ4v) is 5.14. The van der Waals surface area contributed by atoms with Crippen molar-refractivity contribution in [3.05, 3.63) is 114 Å². The van der Waals surface area contributed by atoms with E-state index in [1.807, 2.05) is 78.9 Å². The molecule has 10 nitrogen and oxygen atoms in total. The number of aromatic nitrogens is 2. The highest BCUT2D eigenvalue weighted by Gasteiger charge is 2.33. The molecule has 1 heterocycles. The van der Waals surface area contributed by atoms with Gasteiger partial charge in [-0.05, 0) is 34.7 Å². The van der Waals surface area contributed by atoms with Gasteiger partial charge in [0, 0.05) is 24.2 Å². The van der Waals surface area contributed by atoms with Gasteiger partial charge in [-0.3, -0.25) is 4.79 Å². The number of carbonyl (C=O) groups is 3. The number of rotatable bonds is 12. The third-order valence-corrected chi connectivity index (χ3v) is 7.32. The summed E-state index contributed by atoms with van der Waals surface area (Å²) in [7, 11) is 0. The van der Waals surface area contributed by atoms with Gasteiger partial charge in [0.2, 0.25) is 5.91 Å². The first-order valence-corrected chi connectivity index (χ1v) is 13.7. The van der Waals surface area contributed by atoms with Gasteiger partial charge in [-0.2, -0.15) is 0 Å². The van der Waals surface area contributed by atoms with Crippen molar-refractivity contribution in [1.29, 1.82) is 0 Å². The van der Waals surface area contributed by atoms with Crippen molar-refractivity contribution in [1.82, 2.24) is 20.6 Å². The molecule has 42 heavy (non-hydrogen) atoms. The Balaban J connectivity index is 1.28. The average molecular weight is 569 g/mol. The van der Waals surface area contributed by atoms with Gasteiger partial charge in [0.1, 0.15) is 18.7 Å². The number of fused-ring (bicyclic) bond motifs is 3. The minimum atomic E-state index is -1.26. The summed E-state index contributed by atoms with van der Waals surface area (Å²) in [5.74, 6) is -2.10. The van der Waals surface area contributed by atoms with E-state index >= 15 is 0 Å². The van der Waals surface area contributed by atoms with Gasteiger partial charge in [-0.15, -0.1) is 0 Å². The molecule has 0 spiro atoms. The second-order valence-electron chi connectivity index (χ2n) is 10.1. The zero-order valence-corrected chi connectivity index (χ0v) is 23.0. The number of alkyl carbamates (subject to hydrolysis) is 1. The minimum Gasteiger partial charge on any atom is -0.480 e. The first-order chi connectivity index (χ1) is 20.4. The van der Waals surface area contributed by atoms with Gasteiger partial charge in [0.25, 0.3) is 0 Å². The molecular formula is C32H32N4O6. The quantitative estimate of drug-likeness (QED) is 0.202. The maximum absolute atomic E-state index is 13.4. The van der Waals surface area contributed by atoms with Crippen molar-refractivity contribution < 1.29 is 29.0 Å². The number of H-pyrrole nitrogens is 1. The normalized spacial score (nSPS) is 14.2. The van der Waals surface area contributed by atoms with Crippen molar-refractivity contribution in [3.63, 3.8) is 0 Å². The highest BCUT2D eigenvalue weighted by Crippen LogP contribution is 2.44. The average Bonchev–Trinajstić information content (AvgIpc) is 3.63. The summed E-state index contributed by atoms with van der Waals surface area (Å²) in [6.45, 7) is 1.89. The summed E-state index contributed by atoms with van der Waals surface area (Å²) in [6.07, 6.45) is 1.27. The van der Waals surface area contributed by atoms with E-state index in [0.29, 0.717) is 5.69 Å². The number of aromatic amines is 1. The number of aliphatic carboxylic acids is 1. The second kappa shape index (κ2) is 13.1. The number of carbonyl (C=O) groups excluding carboxylic acids is 2. The van der Waals surface area contributed by atoms with E-state index in [1.54, 1.807) is 6.92 Å². The van der Waals surface area contributed by atoms with E-state index in [0.717, 1.165) is 27.8 Å². The van der Waals surface area contributed by atoms with Gasteiger partial charge in [-0.25, -0.2) is 14.6 Å². The Morgan fingerprint density at radius 1 is 0.929 bits per heavy atom. The number of carboxylic acids is 1. The van der Waals surface area contributed by atoms with Crippen molar-refractivity contribution >= 4 is 18.0 Å². The predicted molar refractivity (Wildman–Crippen MR) is 155 cm³/mol. The van der Waals surface area contributed by atoms with Crippen molar-refractivity contribution in [2.75, 3.05) is 6.61 Å². The Kier molecular flexibility index (Phi) is 8.93. The summed E-state index contributed by atoms with van der Waals surface area (Å²) in [6, 6.07) is 22.9. The summed E-state index contributed by atoms with van der Waals surface area (Å²) >= 11 is 0. The summed E-state index contributed by atoms with van der Waals surface area (Å²) in [5, 5.41) is 14.9. The molecule has 4 N–H and O–H groups in total. The molecule has 1 aromatic heterocycles. The zero-order valence-electron chi connectivity index (χ0n) is 23.0. The number of ether oxygens (including phenoxy) is 2. The van der Waals surface area contributed by atoms with E-state index in [9.17, 15) is 19.5 Å². The maximum Gasteiger partial charge on any atom is 0.407 e. The Morgan fingerprint density at radius 3 is 2.19 bits per heavy atom. The number of hydrogen-bond acceptors (Lipinski definition) is 6. The Hall–Kier alpha value is -4.96. The number of benzene rings is 3. The van der Waals surface area contributed by atoms with Crippen LogP contribution in [0.1, 0.15) is 35.2 Å². The lowest BCUT2D eigenvalue weighted by molar-refractivity contribution is -0.142. The van der Waals surface area contributed by atoms with Crippen molar-refractivity contribution in [2.24, 2.45) is 0 Å². The third-order valence-electron chi connectivity index (χ3n) is 7.32. The predicted octanol–water partition coefficient (Wildman–Crippen LogP) is 4.03. The molecule has 10 heteroatoms. The topological polar surface area (TPSA) is 143 Å². The molecule has 5 rings (SSSR count). The summed E-state index contributed by atoms with van der Waals surface area (Å²) < 4.78 is 11.6. The van der Waals surface area contributed by atoms with Crippen LogP contribution < -0.4 is 10.6 Å². The fraction of sp³-hybridized carbons (Fsp3) is 0.250. The van der Waals surface area contributed by atoms with Crippen LogP contribution in [0.5, 0.6) is 0 Å². The molecule has 1 aliphatic carbocycles. The first-order valence-electron chi connectivity index (χ1n) is 13.7. The molecular weight excluding hydrogens is 536 g/mol. The monoisotopic (exact) mass is 568 g/mol. The SMILES string of the molecule is C[C@H](OCc1ccccc1)[C@@H](NC(=O)OCC1c2ccccc2-c2ccccc21)C(=O)N[C@@H](Cc1cnc[nH]1)C(=O)O. The molecule has 2 amide bonds. The Morgan fingerprint density at radius 2 is 1.57 bits per heavy atom. The lowest BCUT2D eigenvalue weighted by atomic mass is 9.98. The lowest BCUT2D eigenvalue weighted by Crippen LogP contribution is -2.56. The van der Waals surface area contributed by atoms with Crippen molar-refractivity contribution in [2.45, 2.75) is 44.1 Å². The number of nitrogens with one attached hydrogen (secondary N) is 3. The second-order valence-corrected chi connectivity index (χ2v) is 10.1. The van der Waals surface area contributed by atoms with Crippen LogP contribution in [0, 0.1) is 0 Å². The summed E-state index contributed by atoms with van der Waals surface area (Å²) in [4.78, 5) is 45.2. The van der Waals surface area contributed by atoms with Gasteiger partial charge < -0.3 is 30.2 Å². The Bertz CT molecular complexity index is 1480. The molecule has 216 valence electrons. The highest BCUT2D eigenvalue weighted by molar-refractivity contribution is 5.90. The molecule has 0 aliphatic heterocycles. The largest absolute Gasteiger partial charge is 0.480 e. The number of nitrogens with zero attached hydrogens (tertiary/aromatic N) is 1. The fourth-order valence-electron chi connectivity index (χ4n) is 5.14. The zero-order chi connectivity index (χ0) is 29.5.